The maximum atomic E-state index is 13.7. The van der Waals surface area contributed by atoms with Crippen LogP contribution in [0.2, 0.25) is 0 Å². The van der Waals surface area contributed by atoms with E-state index < -0.39 is 0 Å². The van der Waals surface area contributed by atoms with E-state index in [1.54, 1.807) is 21.7 Å². The van der Waals surface area contributed by atoms with Gasteiger partial charge >= 0.3 is 0 Å². The number of halogens is 1. The van der Waals surface area contributed by atoms with Crippen molar-refractivity contribution >= 4 is 11.6 Å². The number of fused-ring (bicyclic) bond motifs is 1. The van der Waals surface area contributed by atoms with Crippen molar-refractivity contribution in [2.24, 2.45) is 0 Å². The van der Waals surface area contributed by atoms with Gasteiger partial charge in [-0.25, -0.2) is 13.9 Å². The maximum absolute atomic E-state index is 13.7. The third-order valence-electron chi connectivity index (χ3n) is 4.81. The number of rotatable bonds is 2. The second-order valence-electron chi connectivity index (χ2n) is 6.59. The summed E-state index contributed by atoms with van der Waals surface area (Å²) in [5.74, 6) is -0.410. The quantitative estimate of drug-likeness (QED) is 0.768. The highest BCUT2D eigenvalue weighted by Gasteiger charge is 2.30. The summed E-state index contributed by atoms with van der Waals surface area (Å²) in [5.41, 5.74) is 3.63. The molecular weight excluding hydrogens is 333 g/mol. The zero-order chi connectivity index (χ0) is 18.3. The molecule has 1 atom stereocenters. The number of benzene rings is 1. The molecule has 1 fully saturated rings. The summed E-state index contributed by atoms with van der Waals surface area (Å²) >= 11 is 0. The van der Waals surface area contributed by atoms with Crippen molar-refractivity contribution in [1.82, 2.24) is 24.8 Å². The molecule has 0 saturated carbocycles. The summed E-state index contributed by atoms with van der Waals surface area (Å²) in [4.78, 5) is 19.4. The lowest BCUT2D eigenvalue weighted by atomic mass is 10.0. The van der Waals surface area contributed by atoms with E-state index in [1.807, 2.05) is 26.0 Å². The van der Waals surface area contributed by atoms with Gasteiger partial charge in [-0.3, -0.25) is 4.79 Å². The Morgan fingerprint density at radius 2 is 2.15 bits per heavy atom. The van der Waals surface area contributed by atoms with E-state index in [2.05, 4.69) is 15.4 Å². The highest BCUT2D eigenvalue weighted by molar-refractivity contribution is 5.95. The summed E-state index contributed by atoms with van der Waals surface area (Å²) in [5, 5.41) is 7.70. The predicted molar refractivity (Wildman–Crippen MR) is 95.5 cm³/mol. The van der Waals surface area contributed by atoms with Gasteiger partial charge in [-0.05, 0) is 31.5 Å². The van der Waals surface area contributed by atoms with E-state index in [0.29, 0.717) is 25.2 Å². The fourth-order valence-electron chi connectivity index (χ4n) is 3.49. The summed E-state index contributed by atoms with van der Waals surface area (Å²) in [6.07, 6.45) is 1.61. The monoisotopic (exact) mass is 353 g/mol. The molecule has 1 aliphatic heterocycles. The molecule has 3 heterocycles. The Kier molecular flexibility index (Phi) is 4.16. The molecule has 0 aliphatic carbocycles. The van der Waals surface area contributed by atoms with Crippen LogP contribution in [0.3, 0.4) is 0 Å². The Morgan fingerprint density at radius 1 is 1.31 bits per heavy atom. The molecule has 3 aromatic rings. The summed E-state index contributed by atoms with van der Waals surface area (Å²) in [6.45, 7) is 5.60. The fraction of sp³-hybridized carbons (Fsp3) is 0.316. The van der Waals surface area contributed by atoms with Crippen LogP contribution in [-0.2, 0) is 0 Å². The van der Waals surface area contributed by atoms with Crippen LogP contribution < -0.4 is 5.32 Å². The first kappa shape index (κ1) is 16.7. The Morgan fingerprint density at radius 3 is 2.96 bits per heavy atom. The molecule has 1 aromatic carbocycles. The average Bonchev–Trinajstić information content (AvgIpc) is 3.03. The van der Waals surface area contributed by atoms with E-state index in [-0.39, 0.29) is 17.8 Å². The first-order valence-electron chi connectivity index (χ1n) is 8.64. The molecule has 1 unspecified atom stereocenters. The van der Waals surface area contributed by atoms with Crippen LogP contribution in [0.5, 0.6) is 0 Å². The van der Waals surface area contributed by atoms with Gasteiger partial charge in [-0.2, -0.15) is 5.10 Å². The van der Waals surface area contributed by atoms with Crippen LogP contribution in [0.25, 0.3) is 5.65 Å². The maximum Gasteiger partial charge on any atom is 0.257 e. The zero-order valence-electron chi connectivity index (χ0n) is 14.7. The number of carbonyl (C=O) groups is 1. The van der Waals surface area contributed by atoms with Crippen LogP contribution in [-0.4, -0.2) is 45.0 Å². The van der Waals surface area contributed by atoms with E-state index in [9.17, 15) is 9.18 Å². The SMILES string of the molecule is Cc1cc2ncc(C(=O)N3CCNCC3c3cccc(F)c3)c(C)n2n1. The van der Waals surface area contributed by atoms with Gasteiger partial charge in [0.05, 0.1) is 23.0 Å². The van der Waals surface area contributed by atoms with E-state index in [1.165, 1.54) is 12.1 Å². The first-order chi connectivity index (χ1) is 12.5. The summed E-state index contributed by atoms with van der Waals surface area (Å²) in [6, 6.07) is 8.08. The van der Waals surface area contributed by atoms with Gasteiger partial charge in [0.2, 0.25) is 0 Å². The van der Waals surface area contributed by atoms with Crippen LogP contribution in [0.4, 0.5) is 4.39 Å². The third kappa shape index (κ3) is 2.84. The van der Waals surface area contributed by atoms with Gasteiger partial charge < -0.3 is 10.2 Å². The number of carbonyl (C=O) groups excluding carboxylic acids is 1. The minimum Gasteiger partial charge on any atom is -0.329 e. The lowest BCUT2D eigenvalue weighted by molar-refractivity contribution is 0.0632. The molecule has 134 valence electrons. The Bertz CT molecular complexity index is 983. The van der Waals surface area contributed by atoms with E-state index in [4.69, 9.17) is 0 Å². The van der Waals surface area contributed by atoms with Crippen molar-refractivity contribution < 1.29 is 9.18 Å². The molecule has 1 aliphatic rings. The Balaban J connectivity index is 1.72. The molecule has 1 saturated heterocycles. The van der Waals surface area contributed by atoms with Crippen molar-refractivity contribution in [3.63, 3.8) is 0 Å². The van der Waals surface area contributed by atoms with Gasteiger partial charge in [-0.1, -0.05) is 12.1 Å². The molecule has 0 spiro atoms. The highest BCUT2D eigenvalue weighted by atomic mass is 19.1. The lowest BCUT2D eigenvalue weighted by Crippen LogP contribution is -2.49. The molecule has 1 N–H and O–H groups in total. The smallest absolute Gasteiger partial charge is 0.257 e. The van der Waals surface area contributed by atoms with Crippen molar-refractivity contribution in [2.45, 2.75) is 19.9 Å². The molecule has 0 bridgehead atoms. The van der Waals surface area contributed by atoms with Crippen molar-refractivity contribution in [3.8, 4) is 0 Å². The highest BCUT2D eigenvalue weighted by Crippen LogP contribution is 2.25. The number of aryl methyl sites for hydroxylation is 2. The van der Waals surface area contributed by atoms with Gasteiger partial charge in [0.25, 0.3) is 5.91 Å². The molecule has 2 aromatic heterocycles. The Labute approximate surface area is 150 Å². The number of aromatic nitrogens is 3. The molecular formula is C19H20FN5O. The number of piperazine rings is 1. The van der Waals surface area contributed by atoms with E-state index >= 15 is 0 Å². The number of hydrogen-bond donors (Lipinski definition) is 1. The van der Waals surface area contributed by atoms with Gasteiger partial charge in [-0.15, -0.1) is 0 Å². The zero-order valence-corrected chi connectivity index (χ0v) is 14.7. The first-order valence-corrected chi connectivity index (χ1v) is 8.64. The number of amides is 1. The number of nitrogens with one attached hydrogen (secondary N) is 1. The minimum absolute atomic E-state index is 0.110. The number of nitrogens with zero attached hydrogens (tertiary/aromatic N) is 4. The van der Waals surface area contributed by atoms with Crippen LogP contribution in [0.1, 0.15) is 33.4 Å². The summed E-state index contributed by atoms with van der Waals surface area (Å²) in [7, 11) is 0. The second kappa shape index (κ2) is 6.49. The molecule has 1 amide bonds. The largest absolute Gasteiger partial charge is 0.329 e. The molecule has 6 nitrogen and oxygen atoms in total. The van der Waals surface area contributed by atoms with Crippen LogP contribution in [0, 0.1) is 19.7 Å². The second-order valence-corrected chi connectivity index (χ2v) is 6.59. The summed E-state index contributed by atoms with van der Waals surface area (Å²) < 4.78 is 15.4. The van der Waals surface area contributed by atoms with Crippen LogP contribution in [0.15, 0.2) is 36.5 Å². The topological polar surface area (TPSA) is 62.5 Å². The van der Waals surface area contributed by atoms with Crippen LogP contribution >= 0.6 is 0 Å². The third-order valence-corrected chi connectivity index (χ3v) is 4.81. The molecule has 26 heavy (non-hydrogen) atoms. The van der Waals surface area contributed by atoms with E-state index in [0.717, 1.165) is 22.6 Å². The Hall–Kier alpha value is -2.80. The van der Waals surface area contributed by atoms with Gasteiger partial charge in [0.15, 0.2) is 5.65 Å². The average molecular weight is 353 g/mol. The van der Waals surface area contributed by atoms with Crippen molar-refractivity contribution in [3.05, 3.63) is 64.9 Å². The van der Waals surface area contributed by atoms with Crippen molar-refractivity contribution in [2.75, 3.05) is 19.6 Å². The minimum atomic E-state index is -0.299. The van der Waals surface area contributed by atoms with Gasteiger partial charge in [0, 0.05) is 31.9 Å². The van der Waals surface area contributed by atoms with Crippen molar-refractivity contribution in [1.29, 1.82) is 0 Å². The molecule has 7 heteroatoms. The predicted octanol–water partition coefficient (Wildman–Crippen LogP) is 2.27. The van der Waals surface area contributed by atoms with Gasteiger partial charge in [0.1, 0.15) is 5.82 Å². The normalized spacial score (nSPS) is 17.7. The lowest BCUT2D eigenvalue weighted by Gasteiger charge is -2.36. The fourth-order valence-corrected chi connectivity index (χ4v) is 3.49. The molecule has 4 rings (SSSR count). The molecule has 0 radical (unpaired) electrons. The number of hydrogen-bond acceptors (Lipinski definition) is 4. The standard InChI is InChI=1S/C19H20FN5O/c1-12-8-18-22-10-16(13(2)25(18)23-12)19(26)24-7-6-21-11-17(24)14-4-3-5-15(20)9-14/h3-5,8-10,17,21H,6-7,11H2,1-2H3.